The number of rotatable bonds is 5. The van der Waals surface area contributed by atoms with Gasteiger partial charge >= 0.3 is 0 Å². The number of fused-ring (bicyclic) bond motifs is 1. The number of carbonyl (C=O) groups excluding carboxylic acids is 2. The van der Waals surface area contributed by atoms with Gasteiger partial charge in [0.25, 0.3) is 0 Å². The second-order valence-electron chi connectivity index (χ2n) is 7.57. The summed E-state index contributed by atoms with van der Waals surface area (Å²) >= 11 is 0. The molecule has 0 unspecified atom stereocenters. The molecule has 3 fully saturated rings. The lowest BCUT2D eigenvalue weighted by molar-refractivity contribution is -0.128. The van der Waals surface area contributed by atoms with Crippen LogP contribution in [0, 0.1) is 0 Å². The highest BCUT2D eigenvalue weighted by atomic mass is 16.5. The molecular weight excluding hydrogens is 330 g/mol. The lowest BCUT2D eigenvalue weighted by Crippen LogP contribution is -2.43. The average Bonchev–Trinajstić information content (AvgIpc) is 3.25. The number of ether oxygens (including phenoxy) is 1. The highest BCUT2D eigenvalue weighted by Crippen LogP contribution is 2.30. The Bertz CT molecular complexity index is 651. The third kappa shape index (κ3) is 3.91. The van der Waals surface area contributed by atoms with Crippen LogP contribution in [0.1, 0.15) is 37.4 Å². The second kappa shape index (κ2) is 7.76. The van der Waals surface area contributed by atoms with Crippen LogP contribution >= 0.6 is 0 Å². The normalized spacial score (nSPS) is 29.0. The van der Waals surface area contributed by atoms with Crippen LogP contribution in [0.15, 0.2) is 30.3 Å². The second-order valence-corrected chi connectivity index (χ2v) is 7.57. The van der Waals surface area contributed by atoms with Crippen molar-refractivity contribution >= 4 is 11.8 Å². The highest BCUT2D eigenvalue weighted by Gasteiger charge is 2.38. The van der Waals surface area contributed by atoms with Crippen molar-refractivity contribution in [2.24, 2.45) is 0 Å². The minimum absolute atomic E-state index is 0.0510. The molecule has 6 heteroatoms. The van der Waals surface area contributed by atoms with Gasteiger partial charge < -0.3 is 15.0 Å². The van der Waals surface area contributed by atoms with Crippen LogP contribution < -0.4 is 5.32 Å². The van der Waals surface area contributed by atoms with Crippen LogP contribution in [0.5, 0.6) is 0 Å². The number of amides is 2. The van der Waals surface area contributed by atoms with E-state index in [1.807, 2.05) is 18.2 Å². The fourth-order valence-corrected chi connectivity index (χ4v) is 4.32. The predicted molar refractivity (Wildman–Crippen MR) is 97.5 cm³/mol. The Labute approximate surface area is 154 Å². The Morgan fingerprint density at radius 3 is 2.85 bits per heavy atom. The Kier molecular flexibility index (Phi) is 5.22. The number of nitrogens with one attached hydrogen (secondary N) is 1. The molecule has 1 N–H and O–H groups in total. The van der Waals surface area contributed by atoms with E-state index < -0.39 is 0 Å². The van der Waals surface area contributed by atoms with Gasteiger partial charge in [-0.25, -0.2) is 0 Å². The largest absolute Gasteiger partial charge is 0.371 e. The molecule has 1 aromatic carbocycles. The molecule has 3 saturated heterocycles. The molecular formula is C20H27N3O3. The topological polar surface area (TPSA) is 61.9 Å². The Morgan fingerprint density at radius 2 is 2.08 bits per heavy atom. The standard InChI is InChI=1S/C20H27N3O3/c24-19(8-10-22-9-4-7-20(22)25)21-16-11-17-14-26-18(13-23(17)12-16)15-5-2-1-3-6-15/h1-3,5-6,16-18H,4,7-14H2,(H,21,24)/t16-,17+,18-/m1/s1. The zero-order chi connectivity index (χ0) is 17.9. The average molecular weight is 357 g/mol. The van der Waals surface area contributed by atoms with E-state index in [4.69, 9.17) is 4.74 Å². The molecule has 0 bridgehead atoms. The quantitative estimate of drug-likeness (QED) is 0.864. The zero-order valence-electron chi connectivity index (χ0n) is 15.1. The molecule has 2 amide bonds. The fourth-order valence-electron chi connectivity index (χ4n) is 4.32. The van der Waals surface area contributed by atoms with Crippen molar-refractivity contribution in [3.8, 4) is 0 Å². The molecule has 0 aliphatic carbocycles. The summed E-state index contributed by atoms with van der Waals surface area (Å²) in [5.41, 5.74) is 1.22. The molecule has 3 heterocycles. The van der Waals surface area contributed by atoms with Crippen LogP contribution in [-0.4, -0.2) is 66.5 Å². The van der Waals surface area contributed by atoms with E-state index in [0.717, 1.165) is 32.5 Å². The van der Waals surface area contributed by atoms with Gasteiger partial charge in [-0.05, 0) is 18.4 Å². The summed E-state index contributed by atoms with van der Waals surface area (Å²) in [7, 11) is 0. The maximum Gasteiger partial charge on any atom is 0.222 e. The molecule has 0 aromatic heterocycles. The molecule has 3 aliphatic heterocycles. The van der Waals surface area contributed by atoms with E-state index in [9.17, 15) is 9.59 Å². The van der Waals surface area contributed by atoms with Gasteiger partial charge in [0, 0.05) is 51.1 Å². The summed E-state index contributed by atoms with van der Waals surface area (Å²) in [5, 5.41) is 3.15. The van der Waals surface area contributed by atoms with Crippen molar-refractivity contribution < 1.29 is 14.3 Å². The molecule has 0 spiro atoms. The Morgan fingerprint density at radius 1 is 1.23 bits per heavy atom. The molecule has 26 heavy (non-hydrogen) atoms. The first-order chi connectivity index (χ1) is 12.7. The molecule has 1 aromatic rings. The van der Waals surface area contributed by atoms with Crippen molar-refractivity contribution in [3.63, 3.8) is 0 Å². The molecule has 0 radical (unpaired) electrons. The van der Waals surface area contributed by atoms with E-state index in [-0.39, 0.29) is 24.0 Å². The van der Waals surface area contributed by atoms with Crippen molar-refractivity contribution in [1.29, 1.82) is 0 Å². The Hall–Kier alpha value is -1.92. The van der Waals surface area contributed by atoms with Crippen molar-refractivity contribution in [2.45, 2.75) is 43.9 Å². The molecule has 140 valence electrons. The molecule has 6 nitrogen and oxygen atoms in total. The number of likely N-dealkylation sites (tertiary alicyclic amines) is 1. The molecule has 0 saturated carbocycles. The summed E-state index contributed by atoms with van der Waals surface area (Å²) < 4.78 is 6.06. The first kappa shape index (κ1) is 17.5. The van der Waals surface area contributed by atoms with Crippen LogP contribution in [0.4, 0.5) is 0 Å². The summed E-state index contributed by atoms with van der Waals surface area (Å²) in [5.74, 6) is 0.231. The molecule has 3 aliphatic rings. The first-order valence-electron chi connectivity index (χ1n) is 9.67. The van der Waals surface area contributed by atoms with Crippen LogP contribution in [-0.2, 0) is 14.3 Å². The van der Waals surface area contributed by atoms with Gasteiger partial charge in [-0.2, -0.15) is 0 Å². The third-order valence-electron chi connectivity index (χ3n) is 5.73. The van der Waals surface area contributed by atoms with Crippen molar-refractivity contribution in [3.05, 3.63) is 35.9 Å². The van der Waals surface area contributed by atoms with Gasteiger partial charge in [0.1, 0.15) is 0 Å². The monoisotopic (exact) mass is 357 g/mol. The van der Waals surface area contributed by atoms with Gasteiger partial charge in [0.2, 0.25) is 11.8 Å². The SMILES string of the molecule is O=C(CCN1CCCC1=O)N[C@@H]1C[C@H]2CO[C@@H](c3ccccc3)CN2C1. The lowest BCUT2D eigenvalue weighted by Gasteiger charge is -2.35. The van der Waals surface area contributed by atoms with Gasteiger partial charge in [0.15, 0.2) is 0 Å². The minimum Gasteiger partial charge on any atom is -0.371 e. The number of hydrogen-bond donors (Lipinski definition) is 1. The number of nitrogens with zero attached hydrogens (tertiary/aromatic N) is 2. The lowest BCUT2D eigenvalue weighted by atomic mass is 10.1. The maximum absolute atomic E-state index is 12.3. The molecule has 3 atom stereocenters. The van der Waals surface area contributed by atoms with Crippen LogP contribution in [0.2, 0.25) is 0 Å². The third-order valence-corrected chi connectivity index (χ3v) is 5.73. The Balaban J connectivity index is 1.24. The van der Waals surface area contributed by atoms with Gasteiger partial charge in [-0.1, -0.05) is 30.3 Å². The fraction of sp³-hybridized carbons (Fsp3) is 0.600. The summed E-state index contributed by atoms with van der Waals surface area (Å²) in [6.07, 6.45) is 3.00. The first-order valence-corrected chi connectivity index (χ1v) is 9.67. The van der Waals surface area contributed by atoms with Gasteiger partial charge in [0.05, 0.1) is 12.7 Å². The highest BCUT2D eigenvalue weighted by molar-refractivity contribution is 5.80. The summed E-state index contributed by atoms with van der Waals surface area (Å²) in [6, 6.07) is 10.9. The van der Waals surface area contributed by atoms with Crippen LogP contribution in [0.3, 0.4) is 0 Å². The smallest absolute Gasteiger partial charge is 0.222 e. The zero-order valence-corrected chi connectivity index (χ0v) is 15.1. The van der Waals surface area contributed by atoms with Gasteiger partial charge in [-0.3, -0.25) is 14.5 Å². The van der Waals surface area contributed by atoms with E-state index in [1.54, 1.807) is 4.90 Å². The summed E-state index contributed by atoms with van der Waals surface area (Å²) in [6.45, 7) is 3.82. The number of hydrogen-bond acceptors (Lipinski definition) is 4. The number of carbonyl (C=O) groups is 2. The molecule has 4 rings (SSSR count). The van der Waals surface area contributed by atoms with E-state index in [0.29, 0.717) is 32.0 Å². The number of morpholine rings is 1. The minimum atomic E-state index is 0.0510. The van der Waals surface area contributed by atoms with Crippen molar-refractivity contribution in [1.82, 2.24) is 15.1 Å². The van der Waals surface area contributed by atoms with E-state index in [2.05, 4.69) is 22.3 Å². The maximum atomic E-state index is 12.3. The summed E-state index contributed by atoms with van der Waals surface area (Å²) in [4.78, 5) is 28.1. The predicted octanol–water partition coefficient (Wildman–Crippen LogP) is 1.33. The van der Waals surface area contributed by atoms with E-state index >= 15 is 0 Å². The van der Waals surface area contributed by atoms with E-state index in [1.165, 1.54) is 5.56 Å². The van der Waals surface area contributed by atoms with Crippen LogP contribution in [0.25, 0.3) is 0 Å². The number of benzene rings is 1. The van der Waals surface area contributed by atoms with Gasteiger partial charge in [-0.15, -0.1) is 0 Å². The van der Waals surface area contributed by atoms with Crippen molar-refractivity contribution in [2.75, 3.05) is 32.8 Å².